The topological polar surface area (TPSA) is 50.4 Å². The molecule has 2 unspecified atom stereocenters. The molecule has 0 fully saturated rings. The number of rotatable bonds is 0. The largest absolute Gasteiger partial charge is 0.370 e. The molecule has 60 valence electrons. The van der Waals surface area contributed by atoms with Crippen LogP contribution in [0.1, 0.15) is 20.3 Å². The molecule has 10 heavy (non-hydrogen) atoms. The molecule has 4 heteroatoms. The van der Waals surface area contributed by atoms with Crippen molar-refractivity contribution in [2.45, 2.75) is 32.4 Å². The summed E-state index contributed by atoms with van der Waals surface area (Å²) in [6, 6.07) is 0.874. The molecular formula is C6H14ClN3. The van der Waals surface area contributed by atoms with Gasteiger partial charge >= 0.3 is 0 Å². The molecule has 0 bridgehead atoms. The van der Waals surface area contributed by atoms with Crippen LogP contribution in [0.4, 0.5) is 0 Å². The van der Waals surface area contributed by atoms with Crippen LogP contribution in [0.3, 0.4) is 0 Å². The minimum absolute atomic E-state index is 0. The van der Waals surface area contributed by atoms with Gasteiger partial charge in [0.25, 0.3) is 0 Å². The van der Waals surface area contributed by atoms with E-state index >= 15 is 0 Å². The first-order valence-electron chi connectivity index (χ1n) is 3.28. The lowest BCUT2D eigenvalue weighted by Crippen LogP contribution is -2.44. The fourth-order valence-electron chi connectivity index (χ4n) is 1.15. The third kappa shape index (κ3) is 2.43. The summed E-state index contributed by atoms with van der Waals surface area (Å²) < 4.78 is 0. The summed E-state index contributed by atoms with van der Waals surface area (Å²) in [6.45, 7) is 4.18. The molecule has 0 aromatic rings. The predicted octanol–water partition coefficient (Wildman–Crippen LogP) is 0.493. The van der Waals surface area contributed by atoms with Gasteiger partial charge in [-0.05, 0) is 20.3 Å². The van der Waals surface area contributed by atoms with Gasteiger partial charge in [-0.1, -0.05) is 0 Å². The third-order valence-electron chi connectivity index (χ3n) is 1.45. The summed E-state index contributed by atoms with van der Waals surface area (Å²) in [4.78, 5) is 4.12. The van der Waals surface area contributed by atoms with Gasteiger partial charge in [-0.15, -0.1) is 12.4 Å². The van der Waals surface area contributed by atoms with Crippen molar-refractivity contribution in [2.24, 2.45) is 10.7 Å². The molecule has 0 saturated carbocycles. The Kier molecular flexibility index (Phi) is 3.50. The van der Waals surface area contributed by atoms with E-state index in [1.54, 1.807) is 0 Å². The Labute approximate surface area is 67.5 Å². The van der Waals surface area contributed by atoms with E-state index < -0.39 is 0 Å². The molecule has 1 rings (SSSR count). The van der Waals surface area contributed by atoms with Crippen molar-refractivity contribution in [2.75, 3.05) is 0 Å². The van der Waals surface area contributed by atoms with Crippen molar-refractivity contribution >= 4 is 18.4 Å². The van der Waals surface area contributed by atoms with Gasteiger partial charge in [0.2, 0.25) is 0 Å². The number of aliphatic imine (C=N–C) groups is 1. The Balaban J connectivity index is 0.000000810. The third-order valence-corrected chi connectivity index (χ3v) is 1.45. The van der Waals surface area contributed by atoms with Gasteiger partial charge in [0.05, 0.1) is 6.04 Å². The first-order valence-corrected chi connectivity index (χ1v) is 3.28. The highest BCUT2D eigenvalue weighted by atomic mass is 35.5. The predicted molar refractivity (Wildman–Crippen MR) is 45.5 cm³/mol. The minimum Gasteiger partial charge on any atom is -0.370 e. The molecule has 0 aromatic heterocycles. The summed E-state index contributed by atoms with van der Waals surface area (Å²) in [5, 5.41) is 3.04. The molecule has 3 nitrogen and oxygen atoms in total. The molecule has 1 aliphatic heterocycles. The highest BCUT2D eigenvalue weighted by Gasteiger charge is 2.13. The van der Waals surface area contributed by atoms with Crippen molar-refractivity contribution < 1.29 is 0 Å². The minimum atomic E-state index is 0. The molecule has 0 amide bonds. The number of nitrogens with zero attached hydrogens (tertiary/aromatic N) is 1. The van der Waals surface area contributed by atoms with E-state index in [-0.39, 0.29) is 12.4 Å². The van der Waals surface area contributed by atoms with Crippen molar-refractivity contribution in [3.05, 3.63) is 0 Å². The molecule has 0 radical (unpaired) electrons. The maximum atomic E-state index is 5.45. The molecule has 0 saturated heterocycles. The van der Waals surface area contributed by atoms with Crippen LogP contribution in [0.5, 0.6) is 0 Å². The number of hydrogen-bond acceptors (Lipinski definition) is 3. The number of guanidine groups is 1. The lowest BCUT2D eigenvalue weighted by Gasteiger charge is -2.22. The summed E-state index contributed by atoms with van der Waals surface area (Å²) in [6.07, 6.45) is 1.08. The SMILES string of the molecule is CC1CC(C)NC(N)=N1.Cl. The number of halogens is 1. The molecular weight excluding hydrogens is 150 g/mol. The fraction of sp³-hybridized carbons (Fsp3) is 0.833. The van der Waals surface area contributed by atoms with Gasteiger partial charge in [-0.25, -0.2) is 0 Å². The number of nitrogens with two attached hydrogens (primary N) is 1. The monoisotopic (exact) mass is 163 g/mol. The Morgan fingerprint density at radius 1 is 1.60 bits per heavy atom. The molecule has 0 aromatic carbocycles. The van der Waals surface area contributed by atoms with Crippen molar-refractivity contribution in [3.8, 4) is 0 Å². The van der Waals surface area contributed by atoms with Gasteiger partial charge < -0.3 is 11.1 Å². The van der Waals surface area contributed by atoms with Crippen LogP contribution in [-0.4, -0.2) is 18.0 Å². The van der Waals surface area contributed by atoms with Crippen LogP contribution in [-0.2, 0) is 0 Å². The first-order chi connectivity index (χ1) is 4.18. The van der Waals surface area contributed by atoms with Crippen molar-refractivity contribution in [1.82, 2.24) is 5.32 Å². The van der Waals surface area contributed by atoms with Gasteiger partial charge in [0, 0.05) is 6.04 Å². The van der Waals surface area contributed by atoms with E-state index in [0.29, 0.717) is 18.0 Å². The first kappa shape index (κ1) is 9.56. The van der Waals surface area contributed by atoms with Crippen molar-refractivity contribution in [3.63, 3.8) is 0 Å². The van der Waals surface area contributed by atoms with E-state index in [1.165, 1.54) is 0 Å². The highest BCUT2D eigenvalue weighted by Crippen LogP contribution is 2.04. The summed E-state index contributed by atoms with van der Waals surface area (Å²) in [7, 11) is 0. The van der Waals surface area contributed by atoms with E-state index in [4.69, 9.17) is 5.73 Å². The zero-order chi connectivity index (χ0) is 6.85. The normalized spacial score (nSPS) is 31.6. The van der Waals surface area contributed by atoms with Crippen molar-refractivity contribution in [1.29, 1.82) is 0 Å². The Morgan fingerprint density at radius 2 is 2.20 bits per heavy atom. The lowest BCUT2D eigenvalue weighted by atomic mass is 10.1. The number of nitrogens with one attached hydrogen (secondary N) is 1. The molecule has 1 aliphatic rings. The Morgan fingerprint density at radius 3 is 2.60 bits per heavy atom. The molecule has 3 N–H and O–H groups in total. The quantitative estimate of drug-likeness (QED) is 0.546. The maximum Gasteiger partial charge on any atom is 0.189 e. The standard InChI is InChI=1S/C6H13N3.ClH/c1-4-3-5(2)9-6(7)8-4;/h4-5H,3H2,1-2H3,(H3,7,8,9);1H. The van der Waals surface area contributed by atoms with Gasteiger partial charge in [0.15, 0.2) is 5.96 Å². The van der Waals surface area contributed by atoms with Crippen LogP contribution in [0.15, 0.2) is 4.99 Å². The van der Waals surface area contributed by atoms with Crippen LogP contribution < -0.4 is 11.1 Å². The Hall–Kier alpha value is -0.440. The molecule has 0 spiro atoms. The van der Waals surface area contributed by atoms with E-state index in [1.807, 2.05) is 0 Å². The zero-order valence-electron chi connectivity index (χ0n) is 6.29. The van der Waals surface area contributed by atoms with Crippen LogP contribution in [0.2, 0.25) is 0 Å². The molecule has 2 atom stereocenters. The van der Waals surface area contributed by atoms with Crippen LogP contribution in [0.25, 0.3) is 0 Å². The number of hydrogen-bond donors (Lipinski definition) is 2. The van der Waals surface area contributed by atoms with E-state index in [9.17, 15) is 0 Å². The fourth-order valence-corrected chi connectivity index (χ4v) is 1.15. The molecule has 0 aliphatic carbocycles. The molecule has 1 heterocycles. The second kappa shape index (κ2) is 3.66. The van der Waals surface area contributed by atoms with Crippen LogP contribution in [0, 0.1) is 0 Å². The second-order valence-corrected chi connectivity index (χ2v) is 2.64. The summed E-state index contributed by atoms with van der Waals surface area (Å²) >= 11 is 0. The zero-order valence-corrected chi connectivity index (χ0v) is 7.11. The van der Waals surface area contributed by atoms with Gasteiger partial charge in [0.1, 0.15) is 0 Å². The van der Waals surface area contributed by atoms with E-state index in [2.05, 4.69) is 24.2 Å². The highest BCUT2D eigenvalue weighted by molar-refractivity contribution is 5.85. The average Bonchev–Trinajstić information content (AvgIpc) is 1.59. The summed E-state index contributed by atoms with van der Waals surface area (Å²) in [5.41, 5.74) is 5.45. The van der Waals surface area contributed by atoms with Gasteiger partial charge in [-0.2, -0.15) is 0 Å². The van der Waals surface area contributed by atoms with Crippen LogP contribution >= 0.6 is 12.4 Å². The van der Waals surface area contributed by atoms with Gasteiger partial charge in [-0.3, -0.25) is 4.99 Å². The second-order valence-electron chi connectivity index (χ2n) is 2.64. The van der Waals surface area contributed by atoms with E-state index in [0.717, 1.165) is 6.42 Å². The average molecular weight is 164 g/mol. The smallest absolute Gasteiger partial charge is 0.189 e. The summed E-state index contributed by atoms with van der Waals surface area (Å²) in [5.74, 6) is 0.584. The maximum absolute atomic E-state index is 5.45. The Bertz CT molecular complexity index is 135. The lowest BCUT2D eigenvalue weighted by molar-refractivity contribution is 0.510.